The van der Waals surface area contributed by atoms with Crippen molar-refractivity contribution in [1.29, 1.82) is 0 Å². The molecule has 1 atom stereocenters. The Kier molecular flexibility index (Phi) is 1.81. The minimum Gasteiger partial charge on any atom is -0.378 e. The van der Waals surface area contributed by atoms with Crippen LogP contribution in [0.25, 0.3) is 0 Å². The molecule has 0 aromatic rings. The highest BCUT2D eigenvalue weighted by Gasteiger charge is 2.07. The zero-order chi connectivity index (χ0) is 6.85. The smallest absolute Gasteiger partial charge is 0.159 e. The Morgan fingerprint density at radius 2 is 2.44 bits per heavy atom. The summed E-state index contributed by atoms with van der Waals surface area (Å²) >= 11 is 1.60. The highest BCUT2D eigenvalue weighted by atomic mass is 32.2. The maximum atomic E-state index is 5.49. The first-order valence-electron chi connectivity index (χ1n) is 2.88. The van der Waals surface area contributed by atoms with E-state index in [9.17, 15) is 0 Å². The summed E-state index contributed by atoms with van der Waals surface area (Å²) in [5, 5.41) is 1.17. The van der Waals surface area contributed by atoms with E-state index in [0.717, 1.165) is 5.70 Å². The van der Waals surface area contributed by atoms with Crippen LogP contribution in [-0.2, 0) is 0 Å². The Hall–Kier alpha value is -0.440. The molecule has 1 unspecified atom stereocenters. The highest BCUT2D eigenvalue weighted by molar-refractivity contribution is 8.14. The van der Waals surface area contributed by atoms with Crippen molar-refractivity contribution in [3.05, 3.63) is 11.8 Å². The van der Waals surface area contributed by atoms with Crippen LogP contribution in [0.3, 0.4) is 0 Å². The van der Waals surface area contributed by atoms with Crippen molar-refractivity contribution >= 4 is 16.9 Å². The quantitative estimate of drug-likeness (QED) is 0.554. The number of aliphatic imine (C=N–C) groups is 1. The number of allylic oxidation sites excluding steroid dienone is 1. The molecule has 2 nitrogen and oxygen atoms in total. The molecule has 0 amide bonds. The van der Waals surface area contributed by atoms with Gasteiger partial charge in [-0.3, -0.25) is 0 Å². The molecule has 3 heteroatoms. The average Bonchev–Trinajstić information content (AvgIpc) is 1.59. The van der Waals surface area contributed by atoms with Crippen molar-refractivity contribution in [2.24, 2.45) is 10.7 Å². The van der Waals surface area contributed by atoms with Crippen molar-refractivity contribution in [2.75, 3.05) is 0 Å². The first-order chi connectivity index (χ1) is 4.18. The lowest BCUT2D eigenvalue weighted by molar-refractivity contribution is 1.16. The van der Waals surface area contributed by atoms with Crippen LogP contribution in [0.1, 0.15) is 13.8 Å². The average molecular weight is 142 g/mol. The third-order valence-corrected chi connectivity index (χ3v) is 1.91. The molecular weight excluding hydrogens is 132 g/mol. The SMILES string of the molecule is CC1=CC(C)SC(N)=N1. The Morgan fingerprint density at radius 3 is 2.89 bits per heavy atom. The van der Waals surface area contributed by atoms with Crippen molar-refractivity contribution in [2.45, 2.75) is 19.1 Å². The van der Waals surface area contributed by atoms with Gasteiger partial charge in [-0.1, -0.05) is 11.8 Å². The van der Waals surface area contributed by atoms with Gasteiger partial charge >= 0.3 is 0 Å². The predicted molar refractivity (Wildman–Crippen MR) is 42.4 cm³/mol. The van der Waals surface area contributed by atoms with E-state index in [1.807, 2.05) is 6.92 Å². The number of nitrogens with two attached hydrogens (primary N) is 1. The largest absolute Gasteiger partial charge is 0.378 e. The summed E-state index contributed by atoms with van der Waals surface area (Å²) in [7, 11) is 0. The van der Waals surface area contributed by atoms with Crippen LogP contribution >= 0.6 is 11.8 Å². The van der Waals surface area contributed by atoms with E-state index < -0.39 is 0 Å². The van der Waals surface area contributed by atoms with E-state index >= 15 is 0 Å². The summed E-state index contributed by atoms with van der Waals surface area (Å²) < 4.78 is 0. The van der Waals surface area contributed by atoms with Crippen LogP contribution in [0.5, 0.6) is 0 Å². The summed E-state index contributed by atoms with van der Waals surface area (Å²) in [6.45, 7) is 4.07. The first-order valence-corrected chi connectivity index (χ1v) is 3.75. The van der Waals surface area contributed by atoms with Gasteiger partial charge in [0.1, 0.15) is 0 Å². The molecule has 1 rings (SSSR count). The predicted octanol–water partition coefficient (Wildman–Crippen LogP) is 1.34. The fourth-order valence-corrected chi connectivity index (χ4v) is 1.64. The van der Waals surface area contributed by atoms with E-state index in [4.69, 9.17) is 5.73 Å². The van der Waals surface area contributed by atoms with E-state index in [1.165, 1.54) is 0 Å². The maximum Gasteiger partial charge on any atom is 0.159 e. The van der Waals surface area contributed by atoms with Crippen molar-refractivity contribution in [3.63, 3.8) is 0 Å². The molecule has 0 aromatic heterocycles. The Labute approximate surface area is 59.2 Å². The van der Waals surface area contributed by atoms with E-state index in [-0.39, 0.29) is 0 Å². The molecule has 1 aliphatic rings. The minimum absolute atomic E-state index is 0.488. The van der Waals surface area contributed by atoms with Crippen LogP contribution in [0.15, 0.2) is 16.8 Å². The number of thioether (sulfide) groups is 1. The maximum absolute atomic E-state index is 5.49. The second kappa shape index (κ2) is 2.43. The summed E-state index contributed by atoms with van der Waals surface area (Å²) in [5.74, 6) is 0. The van der Waals surface area contributed by atoms with Gasteiger partial charge in [0.05, 0.1) is 0 Å². The molecule has 0 fully saturated rings. The minimum atomic E-state index is 0.488. The lowest BCUT2D eigenvalue weighted by Gasteiger charge is -2.10. The number of nitrogens with zero attached hydrogens (tertiary/aromatic N) is 1. The summed E-state index contributed by atoms with van der Waals surface area (Å²) in [4.78, 5) is 4.05. The molecule has 0 aromatic carbocycles. The third kappa shape index (κ3) is 1.75. The van der Waals surface area contributed by atoms with Gasteiger partial charge in [-0.05, 0) is 19.9 Å². The molecular formula is C6H10N2S. The van der Waals surface area contributed by atoms with Crippen molar-refractivity contribution in [3.8, 4) is 0 Å². The summed E-state index contributed by atoms with van der Waals surface area (Å²) in [6, 6.07) is 0. The third-order valence-electron chi connectivity index (χ3n) is 1.07. The summed E-state index contributed by atoms with van der Waals surface area (Å²) in [6.07, 6.45) is 2.10. The molecule has 0 bridgehead atoms. The van der Waals surface area contributed by atoms with Crippen molar-refractivity contribution in [1.82, 2.24) is 0 Å². The molecule has 0 spiro atoms. The van der Waals surface area contributed by atoms with E-state index in [2.05, 4.69) is 18.0 Å². The number of amidine groups is 1. The molecule has 50 valence electrons. The highest BCUT2D eigenvalue weighted by Crippen LogP contribution is 2.19. The summed E-state index contributed by atoms with van der Waals surface area (Å²) in [5.41, 5.74) is 6.51. The molecule has 9 heavy (non-hydrogen) atoms. The fourth-order valence-electron chi connectivity index (χ4n) is 0.802. The number of hydrogen-bond acceptors (Lipinski definition) is 3. The first kappa shape index (κ1) is 6.68. The Morgan fingerprint density at radius 1 is 1.78 bits per heavy atom. The van der Waals surface area contributed by atoms with Gasteiger partial charge in [0.25, 0.3) is 0 Å². The lowest BCUT2D eigenvalue weighted by Crippen LogP contribution is -2.13. The van der Waals surface area contributed by atoms with E-state index in [1.54, 1.807) is 11.8 Å². The van der Waals surface area contributed by atoms with Gasteiger partial charge in [0, 0.05) is 10.9 Å². The fraction of sp³-hybridized carbons (Fsp3) is 0.500. The molecule has 1 aliphatic heterocycles. The Balaban J connectivity index is 2.74. The normalized spacial score (nSPS) is 27.1. The lowest BCUT2D eigenvalue weighted by atomic mass is 10.3. The van der Waals surface area contributed by atoms with Crippen LogP contribution in [0.2, 0.25) is 0 Å². The molecule has 0 aliphatic carbocycles. The second-order valence-corrected chi connectivity index (χ2v) is 3.48. The van der Waals surface area contributed by atoms with Crippen LogP contribution < -0.4 is 5.73 Å². The zero-order valence-electron chi connectivity index (χ0n) is 5.59. The number of hydrogen-bond donors (Lipinski definition) is 1. The van der Waals surface area contributed by atoms with Crippen molar-refractivity contribution < 1.29 is 0 Å². The molecule has 0 saturated carbocycles. The molecule has 2 N–H and O–H groups in total. The standard InChI is InChI=1S/C6H10N2S/c1-4-3-5(2)9-6(7)8-4/h3,5H,1-2H3,(H2,7,8). The van der Waals surface area contributed by atoms with Crippen LogP contribution in [0, 0.1) is 0 Å². The van der Waals surface area contributed by atoms with E-state index in [0.29, 0.717) is 10.4 Å². The zero-order valence-corrected chi connectivity index (χ0v) is 6.40. The topological polar surface area (TPSA) is 38.4 Å². The van der Waals surface area contributed by atoms with Crippen LogP contribution in [-0.4, -0.2) is 10.4 Å². The monoisotopic (exact) mass is 142 g/mol. The molecule has 0 saturated heterocycles. The number of rotatable bonds is 0. The van der Waals surface area contributed by atoms with Gasteiger partial charge in [0.15, 0.2) is 5.17 Å². The molecule has 1 heterocycles. The van der Waals surface area contributed by atoms with Gasteiger partial charge in [0.2, 0.25) is 0 Å². The van der Waals surface area contributed by atoms with Gasteiger partial charge in [-0.15, -0.1) is 0 Å². The molecule has 0 radical (unpaired) electrons. The van der Waals surface area contributed by atoms with Gasteiger partial charge in [-0.2, -0.15) is 0 Å². The second-order valence-electron chi connectivity index (χ2n) is 2.08. The van der Waals surface area contributed by atoms with Crippen LogP contribution in [0.4, 0.5) is 0 Å². The Bertz CT molecular complexity index is 172. The van der Waals surface area contributed by atoms with Gasteiger partial charge in [-0.25, -0.2) is 4.99 Å². The van der Waals surface area contributed by atoms with Gasteiger partial charge < -0.3 is 5.73 Å².